The number of aliphatic carboxylic acids is 1. The van der Waals surface area contributed by atoms with Crippen LogP contribution in [-0.2, 0) is 35.1 Å². The number of rotatable bonds is 11. The van der Waals surface area contributed by atoms with Crippen LogP contribution in [0.2, 0.25) is 10.0 Å². The first-order valence-corrected chi connectivity index (χ1v) is 10.1. The molecular weight excluding hydrogens is 451 g/mol. The number of carboxylic acids is 1. The van der Waals surface area contributed by atoms with Gasteiger partial charge < -0.3 is 20.5 Å². The van der Waals surface area contributed by atoms with Gasteiger partial charge in [-0.15, -0.1) is 0 Å². The zero-order valence-electron chi connectivity index (χ0n) is 17.2. The number of carbonyl (C=O) groups excluding carboxylic acids is 4. The molecule has 170 valence electrons. The van der Waals surface area contributed by atoms with E-state index in [0.717, 1.165) is 0 Å². The lowest BCUT2D eigenvalue weighted by Crippen LogP contribution is -2.54. The number of esters is 1. The van der Waals surface area contributed by atoms with Gasteiger partial charge in [0.15, 0.2) is 12.4 Å². The molecule has 2 amide bonds. The van der Waals surface area contributed by atoms with Crippen LogP contribution in [0.1, 0.15) is 32.8 Å². The van der Waals surface area contributed by atoms with Gasteiger partial charge in [0.2, 0.25) is 11.8 Å². The minimum Gasteiger partial charge on any atom is -0.481 e. The molecule has 1 rings (SSSR count). The maximum absolute atomic E-state index is 12.5. The van der Waals surface area contributed by atoms with Crippen LogP contribution < -0.4 is 10.6 Å². The Labute approximate surface area is 189 Å². The Bertz CT molecular complexity index is 838. The van der Waals surface area contributed by atoms with Crippen LogP contribution in [0.3, 0.4) is 0 Å². The van der Waals surface area contributed by atoms with Crippen molar-refractivity contribution in [3.8, 4) is 0 Å². The summed E-state index contributed by atoms with van der Waals surface area (Å²) in [6, 6.07) is 2.27. The fourth-order valence-electron chi connectivity index (χ4n) is 2.58. The van der Waals surface area contributed by atoms with Crippen molar-refractivity contribution in [2.24, 2.45) is 5.92 Å². The molecule has 31 heavy (non-hydrogen) atoms. The topological polar surface area (TPSA) is 139 Å². The maximum atomic E-state index is 12.5. The fourth-order valence-corrected chi connectivity index (χ4v) is 3.12. The zero-order chi connectivity index (χ0) is 23.7. The molecule has 0 saturated carbocycles. The van der Waals surface area contributed by atoms with Gasteiger partial charge in [0.05, 0.1) is 12.8 Å². The Morgan fingerprint density at radius 1 is 1.06 bits per heavy atom. The van der Waals surface area contributed by atoms with E-state index in [2.05, 4.69) is 10.6 Å². The van der Waals surface area contributed by atoms with E-state index in [9.17, 15) is 24.0 Å². The summed E-state index contributed by atoms with van der Waals surface area (Å²) in [4.78, 5) is 59.4. The summed E-state index contributed by atoms with van der Waals surface area (Å²) in [5, 5.41) is 14.3. The molecule has 11 heteroatoms. The molecule has 0 aliphatic carbocycles. The highest BCUT2D eigenvalue weighted by molar-refractivity contribution is 6.36. The number of hydrogen-bond acceptors (Lipinski definition) is 6. The van der Waals surface area contributed by atoms with Crippen molar-refractivity contribution in [2.75, 3.05) is 6.61 Å². The molecule has 0 aliphatic heterocycles. The molecule has 9 nitrogen and oxygen atoms in total. The van der Waals surface area contributed by atoms with Crippen molar-refractivity contribution in [3.05, 3.63) is 33.8 Å². The van der Waals surface area contributed by atoms with Gasteiger partial charge in [0.1, 0.15) is 12.1 Å². The Morgan fingerprint density at radius 2 is 1.65 bits per heavy atom. The second-order valence-electron chi connectivity index (χ2n) is 7.09. The van der Waals surface area contributed by atoms with Gasteiger partial charge in [-0.05, 0) is 18.1 Å². The number of nitrogens with one attached hydrogen (secondary N) is 2. The minimum absolute atomic E-state index is 0.254. The van der Waals surface area contributed by atoms with E-state index in [1.807, 2.05) is 0 Å². The van der Waals surface area contributed by atoms with E-state index in [-0.39, 0.29) is 22.4 Å². The van der Waals surface area contributed by atoms with Crippen LogP contribution >= 0.6 is 23.2 Å². The number of carboxylic acid groups (broad SMARTS) is 1. The van der Waals surface area contributed by atoms with Crippen molar-refractivity contribution in [3.63, 3.8) is 0 Å². The number of hydrogen-bond donors (Lipinski definition) is 3. The van der Waals surface area contributed by atoms with Crippen LogP contribution in [0.25, 0.3) is 0 Å². The highest BCUT2D eigenvalue weighted by Gasteiger charge is 2.30. The van der Waals surface area contributed by atoms with E-state index in [1.165, 1.54) is 6.92 Å². The lowest BCUT2D eigenvalue weighted by atomic mass is 10.0. The summed E-state index contributed by atoms with van der Waals surface area (Å²) in [5.41, 5.74) is 0.328. The molecule has 0 aliphatic rings. The molecule has 0 saturated heterocycles. The molecule has 2 atom stereocenters. The molecule has 0 fully saturated rings. The lowest BCUT2D eigenvalue weighted by Gasteiger charge is -2.24. The quantitative estimate of drug-likeness (QED) is 0.415. The summed E-state index contributed by atoms with van der Waals surface area (Å²) >= 11 is 12.0. The Morgan fingerprint density at radius 3 is 2.13 bits per heavy atom. The molecule has 0 aromatic heterocycles. The highest BCUT2D eigenvalue weighted by atomic mass is 35.5. The minimum atomic E-state index is -1.45. The Hall–Kier alpha value is -2.65. The SMILES string of the molecule is CC(=O)N[C@H](C(=O)N[C@@H](CC(=O)O)C(=O)COC(=O)Cc1c(Cl)cccc1Cl)C(C)C. The van der Waals surface area contributed by atoms with Crippen molar-refractivity contribution in [1.82, 2.24) is 10.6 Å². The largest absolute Gasteiger partial charge is 0.481 e. The van der Waals surface area contributed by atoms with Crippen LogP contribution in [0.15, 0.2) is 18.2 Å². The molecule has 0 spiro atoms. The third-order valence-electron chi connectivity index (χ3n) is 4.15. The van der Waals surface area contributed by atoms with E-state index in [4.69, 9.17) is 33.0 Å². The smallest absolute Gasteiger partial charge is 0.310 e. The van der Waals surface area contributed by atoms with E-state index >= 15 is 0 Å². The number of Topliss-reactive ketones (excluding diaryl/α,β-unsaturated/α-hetero) is 1. The van der Waals surface area contributed by atoms with Crippen LogP contribution in [0, 0.1) is 5.92 Å². The average molecular weight is 475 g/mol. The number of halogens is 2. The highest BCUT2D eigenvalue weighted by Crippen LogP contribution is 2.24. The summed E-state index contributed by atoms with van der Waals surface area (Å²) in [7, 11) is 0. The first kappa shape index (κ1) is 26.4. The van der Waals surface area contributed by atoms with Crippen LogP contribution in [-0.4, -0.2) is 53.3 Å². The lowest BCUT2D eigenvalue weighted by molar-refractivity contribution is -0.148. The number of ether oxygens (including phenoxy) is 1. The number of benzene rings is 1. The number of amides is 2. The first-order chi connectivity index (χ1) is 14.4. The molecule has 0 radical (unpaired) electrons. The standard InChI is InChI=1S/C20H24Cl2N2O7/c1-10(2)19(23-11(3)25)20(30)24-15(8-17(27)28)16(26)9-31-18(29)7-12-13(21)5-4-6-14(12)22/h4-6,10,15,19H,7-9H2,1-3H3,(H,23,25)(H,24,30)(H,27,28)/t15-,19-/m0/s1. The Balaban J connectivity index is 2.79. The van der Waals surface area contributed by atoms with E-state index < -0.39 is 54.6 Å². The molecule has 1 aromatic rings. The second-order valence-corrected chi connectivity index (χ2v) is 7.90. The summed E-state index contributed by atoms with van der Waals surface area (Å²) in [6.07, 6.45) is -1.01. The van der Waals surface area contributed by atoms with Crippen molar-refractivity contribution < 1.29 is 33.8 Å². The second kappa shape index (κ2) is 12.3. The molecular formula is C20H24Cl2N2O7. The average Bonchev–Trinajstić information content (AvgIpc) is 2.65. The molecule has 3 N–H and O–H groups in total. The van der Waals surface area contributed by atoms with Gasteiger partial charge in [-0.1, -0.05) is 43.1 Å². The van der Waals surface area contributed by atoms with Gasteiger partial charge in [-0.3, -0.25) is 24.0 Å². The maximum Gasteiger partial charge on any atom is 0.310 e. The van der Waals surface area contributed by atoms with Gasteiger partial charge in [-0.2, -0.15) is 0 Å². The third kappa shape index (κ3) is 8.94. The fraction of sp³-hybridized carbons (Fsp3) is 0.450. The zero-order valence-corrected chi connectivity index (χ0v) is 18.7. The molecule has 0 bridgehead atoms. The van der Waals surface area contributed by atoms with Gasteiger partial charge in [0.25, 0.3) is 0 Å². The molecule has 0 heterocycles. The molecule has 1 aromatic carbocycles. The van der Waals surface area contributed by atoms with Gasteiger partial charge in [-0.25, -0.2) is 0 Å². The van der Waals surface area contributed by atoms with Crippen molar-refractivity contribution in [1.29, 1.82) is 0 Å². The number of carbonyl (C=O) groups is 5. The summed E-state index contributed by atoms with van der Waals surface area (Å²) < 4.78 is 4.91. The van der Waals surface area contributed by atoms with Gasteiger partial charge in [0, 0.05) is 22.5 Å². The monoisotopic (exact) mass is 474 g/mol. The van der Waals surface area contributed by atoms with Crippen molar-refractivity contribution in [2.45, 2.75) is 45.7 Å². The summed E-state index contributed by atoms with van der Waals surface area (Å²) in [6.45, 7) is 3.82. The first-order valence-electron chi connectivity index (χ1n) is 9.32. The van der Waals surface area contributed by atoms with E-state index in [0.29, 0.717) is 5.56 Å². The van der Waals surface area contributed by atoms with Crippen LogP contribution in [0.5, 0.6) is 0 Å². The normalized spacial score (nSPS) is 12.6. The Kier molecular flexibility index (Phi) is 10.4. The van der Waals surface area contributed by atoms with Gasteiger partial charge >= 0.3 is 11.9 Å². The summed E-state index contributed by atoms with van der Waals surface area (Å²) in [5.74, 6) is -4.46. The third-order valence-corrected chi connectivity index (χ3v) is 4.86. The number of ketones is 1. The van der Waals surface area contributed by atoms with E-state index in [1.54, 1.807) is 32.0 Å². The predicted molar refractivity (Wildman–Crippen MR) is 113 cm³/mol. The van der Waals surface area contributed by atoms with Crippen molar-refractivity contribution >= 4 is 52.7 Å². The molecule has 0 unspecified atom stereocenters. The van der Waals surface area contributed by atoms with Crippen LogP contribution in [0.4, 0.5) is 0 Å². The predicted octanol–water partition coefficient (Wildman–Crippen LogP) is 1.77.